The average Bonchev–Trinajstić information content (AvgIpc) is 2.49. The van der Waals surface area contributed by atoms with Crippen LogP contribution in [0.25, 0.3) is 11.1 Å². The second kappa shape index (κ2) is 6.58. The molecule has 0 radical (unpaired) electrons. The molecule has 0 spiro atoms. The van der Waals surface area contributed by atoms with Crippen molar-refractivity contribution in [2.75, 3.05) is 18.0 Å². The summed E-state index contributed by atoms with van der Waals surface area (Å²) < 4.78 is 0. The average molecular weight is 268 g/mol. The van der Waals surface area contributed by atoms with E-state index in [9.17, 15) is 0 Å². The fourth-order valence-electron chi connectivity index (χ4n) is 2.67. The van der Waals surface area contributed by atoms with Crippen LogP contribution in [0.15, 0.2) is 42.5 Å². The van der Waals surface area contributed by atoms with Crippen LogP contribution in [0.4, 0.5) is 5.69 Å². The van der Waals surface area contributed by atoms with Gasteiger partial charge in [0.15, 0.2) is 0 Å². The summed E-state index contributed by atoms with van der Waals surface area (Å²) in [7, 11) is 0. The molecule has 2 aromatic carbocycles. The van der Waals surface area contributed by atoms with Crippen molar-refractivity contribution in [3.8, 4) is 11.1 Å². The fourth-order valence-corrected chi connectivity index (χ4v) is 2.67. The van der Waals surface area contributed by atoms with E-state index in [4.69, 9.17) is 5.73 Å². The lowest BCUT2D eigenvalue weighted by Crippen LogP contribution is -2.22. The zero-order valence-corrected chi connectivity index (χ0v) is 12.7. The third-order valence-corrected chi connectivity index (χ3v) is 3.87. The first-order chi connectivity index (χ1) is 9.71. The Morgan fingerprint density at radius 2 is 1.65 bits per heavy atom. The molecule has 0 aliphatic carbocycles. The summed E-state index contributed by atoms with van der Waals surface area (Å²) in [4.78, 5) is 2.35. The molecule has 0 amide bonds. The van der Waals surface area contributed by atoms with Gasteiger partial charge in [0.25, 0.3) is 0 Å². The summed E-state index contributed by atoms with van der Waals surface area (Å²) in [6.45, 7) is 9.11. The van der Waals surface area contributed by atoms with Gasteiger partial charge in [-0.05, 0) is 55.2 Å². The van der Waals surface area contributed by atoms with E-state index in [-0.39, 0.29) is 0 Å². The van der Waals surface area contributed by atoms with Crippen LogP contribution in [0.2, 0.25) is 0 Å². The van der Waals surface area contributed by atoms with Crippen molar-refractivity contribution < 1.29 is 0 Å². The van der Waals surface area contributed by atoms with Crippen LogP contribution in [-0.2, 0) is 6.54 Å². The maximum absolute atomic E-state index is 5.97. The SMILES string of the molecule is CCN(CC)c1ccc(-c2ccccc2C)c(CN)c1. The quantitative estimate of drug-likeness (QED) is 0.889. The molecule has 0 fully saturated rings. The van der Waals surface area contributed by atoms with Gasteiger partial charge < -0.3 is 10.6 Å². The smallest absolute Gasteiger partial charge is 0.0369 e. The Labute approximate surface area is 122 Å². The number of anilines is 1. The van der Waals surface area contributed by atoms with Gasteiger partial charge in [-0.25, -0.2) is 0 Å². The van der Waals surface area contributed by atoms with Crippen LogP contribution in [0.3, 0.4) is 0 Å². The van der Waals surface area contributed by atoms with Crippen LogP contribution in [0.5, 0.6) is 0 Å². The van der Waals surface area contributed by atoms with E-state index >= 15 is 0 Å². The van der Waals surface area contributed by atoms with Gasteiger partial charge in [-0.15, -0.1) is 0 Å². The fraction of sp³-hybridized carbons (Fsp3) is 0.333. The van der Waals surface area contributed by atoms with E-state index in [1.807, 2.05) is 0 Å². The number of rotatable bonds is 5. The lowest BCUT2D eigenvalue weighted by atomic mass is 9.95. The van der Waals surface area contributed by atoms with Gasteiger partial charge in [-0.2, -0.15) is 0 Å². The molecule has 0 atom stereocenters. The highest BCUT2D eigenvalue weighted by Crippen LogP contribution is 2.29. The van der Waals surface area contributed by atoms with Gasteiger partial charge in [0.05, 0.1) is 0 Å². The Hall–Kier alpha value is -1.80. The molecule has 106 valence electrons. The van der Waals surface area contributed by atoms with Crippen molar-refractivity contribution in [2.45, 2.75) is 27.3 Å². The number of benzene rings is 2. The van der Waals surface area contributed by atoms with Crippen LogP contribution < -0.4 is 10.6 Å². The molecule has 20 heavy (non-hydrogen) atoms. The molecule has 2 aromatic rings. The summed E-state index contributed by atoms with van der Waals surface area (Å²) in [5.41, 5.74) is 12.3. The summed E-state index contributed by atoms with van der Waals surface area (Å²) in [5, 5.41) is 0. The topological polar surface area (TPSA) is 29.3 Å². The monoisotopic (exact) mass is 268 g/mol. The third kappa shape index (κ3) is 2.86. The van der Waals surface area contributed by atoms with E-state index in [0.717, 1.165) is 13.1 Å². The lowest BCUT2D eigenvalue weighted by molar-refractivity contribution is 0.864. The van der Waals surface area contributed by atoms with E-state index in [1.165, 1.54) is 27.9 Å². The van der Waals surface area contributed by atoms with Crippen molar-refractivity contribution >= 4 is 5.69 Å². The van der Waals surface area contributed by atoms with E-state index in [0.29, 0.717) is 6.54 Å². The van der Waals surface area contributed by atoms with Gasteiger partial charge in [-0.1, -0.05) is 30.3 Å². The van der Waals surface area contributed by atoms with Crippen LogP contribution in [0.1, 0.15) is 25.0 Å². The predicted molar refractivity (Wildman–Crippen MR) is 88.1 cm³/mol. The molecule has 0 bridgehead atoms. The van der Waals surface area contributed by atoms with Crippen molar-refractivity contribution in [3.05, 3.63) is 53.6 Å². The summed E-state index contributed by atoms with van der Waals surface area (Å²) in [6, 6.07) is 15.1. The van der Waals surface area contributed by atoms with E-state index < -0.39 is 0 Å². The van der Waals surface area contributed by atoms with Gasteiger partial charge in [0.2, 0.25) is 0 Å². The minimum Gasteiger partial charge on any atom is -0.372 e. The standard InChI is InChI=1S/C18H24N2/c1-4-20(5-2)16-10-11-18(15(12-16)13-19)17-9-7-6-8-14(17)3/h6-12H,4-5,13,19H2,1-3H3. The van der Waals surface area contributed by atoms with E-state index in [2.05, 4.69) is 68.1 Å². The molecule has 0 heterocycles. The molecular weight excluding hydrogens is 244 g/mol. The van der Waals surface area contributed by atoms with Crippen LogP contribution >= 0.6 is 0 Å². The highest BCUT2D eigenvalue weighted by Gasteiger charge is 2.09. The first kappa shape index (κ1) is 14.6. The first-order valence-electron chi connectivity index (χ1n) is 7.35. The van der Waals surface area contributed by atoms with Crippen molar-refractivity contribution in [2.24, 2.45) is 5.73 Å². The number of aryl methyl sites for hydroxylation is 1. The summed E-state index contributed by atoms with van der Waals surface area (Å²) >= 11 is 0. The Balaban J connectivity index is 2.48. The third-order valence-electron chi connectivity index (χ3n) is 3.87. The number of nitrogens with zero attached hydrogens (tertiary/aromatic N) is 1. The van der Waals surface area contributed by atoms with Crippen molar-refractivity contribution in [1.82, 2.24) is 0 Å². The molecule has 0 aliphatic heterocycles. The zero-order chi connectivity index (χ0) is 14.5. The van der Waals surface area contributed by atoms with Crippen molar-refractivity contribution in [1.29, 1.82) is 0 Å². The normalized spacial score (nSPS) is 10.6. The minimum absolute atomic E-state index is 0.568. The van der Waals surface area contributed by atoms with Crippen LogP contribution in [-0.4, -0.2) is 13.1 Å². The Morgan fingerprint density at radius 1 is 0.950 bits per heavy atom. The molecule has 0 aliphatic rings. The van der Waals surface area contributed by atoms with E-state index in [1.54, 1.807) is 0 Å². The second-order valence-electron chi connectivity index (χ2n) is 5.03. The molecule has 0 saturated heterocycles. The highest BCUT2D eigenvalue weighted by molar-refractivity contribution is 5.73. The second-order valence-corrected chi connectivity index (χ2v) is 5.03. The predicted octanol–water partition coefficient (Wildman–Crippen LogP) is 3.97. The van der Waals surface area contributed by atoms with Gasteiger partial charge in [-0.3, -0.25) is 0 Å². The maximum Gasteiger partial charge on any atom is 0.0369 e. The molecule has 2 N–H and O–H groups in total. The number of nitrogens with two attached hydrogens (primary N) is 1. The van der Waals surface area contributed by atoms with Crippen LogP contribution in [0, 0.1) is 6.92 Å². The Morgan fingerprint density at radius 3 is 2.25 bits per heavy atom. The maximum atomic E-state index is 5.97. The zero-order valence-electron chi connectivity index (χ0n) is 12.7. The largest absolute Gasteiger partial charge is 0.372 e. The Bertz CT molecular complexity index is 571. The summed E-state index contributed by atoms with van der Waals surface area (Å²) in [6.07, 6.45) is 0. The molecule has 2 rings (SSSR count). The minimum atomic E-state index is 0.568. The van der Waals surface area contributed by atoms with Gasteiger partial charge >= 0.3 is 0 Å². The van der Waals surface area contributed by atoms with Crippen molar-refractivity contribution in [3.63, 3.8) is 0 Å². The molecular formula is C18H24N2. The molecule has 0 unspecified atom stereocenters. The number of hydrogen-bond acceptors (Lipinski definition) is 2. The summed E-state index contributed by atoms with van der Waals surface area (Å²) in [5.74, 6) is 0. The Kier molecular flexibility index (Phi) is 4.80. The molecule has 2 nitrogen and oxygen atoms in total. The molecule has 2 heteroatoms. The molecule has 0 saturated carbocycles. The molecule has 0 aromatic heterocycles. The van der Waals surface area contributed by atoms with Gasteiger partial charge in [0.1, 0.15) is 0 Å². The first-order valence-corrected chi connectivity index (χ1v) is 7.35. The van der Waals surface area contributed by atoms with Gasteiger partial charge in [0, 0.05) is 25.3 Å². The lowest BCUT2D eigenvalue weighted by Gasteiger charge is -2.23. The number of hydrogen-bond donors (Lipinski definition) is 1. The highest BCUT2D eigenvalue weighted by atomic mass is 15.1.